The average molecular weight is 264 g/mol. The highest BCUT2D eigenvalue weighted by atomic mass is 35.5. The van der Waals surface area contributed by atoms with Crippen molar-refractivity contribution >= 4 is 17.3 Å². The maximum absolute atomic E-state index is 13.5. The first-order valence-electron chi connectivity index (χ1n) is 5.81. The van der Waals surface area contributed by atoms with Gasteiger partial charge in [-0.2, -0.15) is 0 Å². The van der Waals surface area contributed by atoms with E-state index in [-0.39, 0.29) is 5.82 Å². The summed E-state index contributed by atoms with van der Waals surface area (Å²) < 4.78 is 13.5. The van der Waals surface area contributed by atoms with Crippen molar-refractivity contribution in [3.63, 3.8) is 0 Å². The van der Waals surface area contributed by atoms with Crippen LogP contribution in [0.1, 0.15) is 16.7 Å². The molecule has 0 bridgehead atoms. The normalized spacial score (nSPS) is 10.4. The molecule has 1 nitrogen and oxygen atoms in total. The molecule has 2 aromatic carbocycles. The van der Waals surface area contributed by atoms with Gasteiger partial charge in [-0.3, -0.25) is 0 Å². The van der Waals surface area contributed by atoms with Gasteiger partial charge in [0.25, 0.3) is 0 Å². The second-order valence-electron chi connectivity index (χ2n) is 4.40. The van der Waals surface area contributed by atoms with Crippen molar-refractivity contribution in [3.8, 4) is 0 Å². The van der Waals surface area contributed by atoms with Gasteiger partial charge in [0.1, 0.15) is 5.82 Å². The zero-order valence-electron chi connectivity index (χ0n) is 10.4. The highest BCUT2D eigenvalue weighted by Crippen LogP contribution is 2.20. The van der Waals surface area contributed by atoms with Gasteiger partial charge in [0.15, 0.2) is 0 Å². The quantitative estimate of drug-likeness (QED) is 0.846. The molecule has 18 heavy (non-hydrogen) atoms. The molecule has 1 N–H and O–H groups in total. The molecule has 0 amide bonds. The number of anilines is 1. The van der Waals surface area contributed by atoms with Crippen LogP contribution >= 0.6 is 11.6 Å². The first kappa shape index (κ1) is 12.9. The lowest BCUT2D eigenvalue weighted by Gasteiger charge is -2.09. The van der Waals surface area contributed by atoms with Gasteiger partial charge in [0.05, 0.1) is 5.69 Å². The Labute approximate surface area is 112 Å². The number of halogens is 2. The molecular formula is C15H15ClFN. The van der Waals surface area contributed by atoms with Crippen molar-refractivity contribution in [3.05, 3.63) is 63.9 Å². The van der Waals surface area contributed by atoms with Crippen LogP contribution in [-0.4, -0.2) is 0 Å². The SMILES string of the molecule is Cc1ccc(CNc2cc(Cl)ccc2F)cc1C. The van der Waals surface area contributed by atoms with Crippen molar-refractivity contribution < 1.29 is 4.39 Å². The highest BCUT2D eigenvalue weighted by molar-refractivity contribution is 6.30. The Morgan fingerprint density at radius 2 is 1.83 bits per heavy atom. The molecule has 2 rings (SSSR count). The third-order valence-corrected chi connectivity index (χ3v) is 3.22. The van der Waals surface area contributed by atoms with E-state index in [2.05, 4.69) is 31.3 Å². The van der Waals surface area contributed by atoms with E-state index in [1.54, 1.807) is 6.07 Å². The smallest absolute Gasteiger partial charge is 0.146 e. The van der Waals surface area contributed by atoms with Crippen LogP contribution < -0.4 is 5.32 Å². The lowest BCUT2D eigenvalue weighted by molar-refractivity contribution is 0.630. The number of rotatable bonds is 3. The summed E-state index contributed by atoms with van der Waals surface area (Å²) in [5, 5.41) is 3.58. The van der Waals surface area contributed by atoms with Gasteiger partial charge < -0.3 is 5.32 Å². The summed E-state index contributed by atoms with van der Waals surface area (Å²) in [5.74, 6) is -0.289. The fourth-order valence-electron chi connectivity index (χ4n) is 1.74. The summed E-state index contributed by atoms with van der Waals surface area (Å²) >= 11 is 5.84. The van der Waals surface area contributed by atoms with Gasteiger partial charge in [-0.1, -0.05) is 29.8 Å². The van der Waals surface area contributed by atoms with E-state index < -0.39 is 0 Å². The molecular weight excluding hydrogens is 249 g/mol. The largest absolute Gasteiger partial charge is 0.379 e. The molecule has 0 aliphatic heterocycles. The van der Waals surface area contributed by atoms with Crippen molar-refractivity contribution in [2.24, 2.45) is 0 Å². The lowest BCUT2D eigenvalue weighted by atomic mass is 10.1. The minimum absolute atomic E-state index is 0.289. The molecule has 0 unspecified atom stereocenters. The van der Waals surface area contributed by atoms with Gasteiger partial charge in [-0.25, -0.2) is 4.39 Å². The van der Waals surface area contributed by atoms with Gasteiger partial charge in [-0.05, 0) is 48.7 Å². The van der Waals surface area contributed by atoms with E-state index in [1.165, 1.54) is 23.3 Å². The molecule has 0 saturated heterocycles. The standard InChI is InChI=1S/C15H15ClFN/c1-10-3-4-12(7-11(10)2)9-18-15-8-13(16)5-6-14(15)17/h3-8,18H,9H2,1-2H3. The first-order valence-corrected chi connectivity index (χ1v) is 6.19. The molecule has 2 aromatic rings. The zero-order chi connectivity index (χ0) is 13.1. The Hall–Kier alpha value is -1.54. The summed E-state index contributed by atoms with van der Waals surface area (Å²) in [4.78, 5) is 0. The third-order valence-electron chi connectivity index (χ3n) is 2.98. The molecule has 0 spiro atoms. The van der Waals surface area contributed by atoms with Gasteiger partial charge >= 0.3 is 0 Å². The Morgan fingerprint density at radius 3 is 2.56 bits per heavy atom. The zero-order valence-corrected chi connectivity index (χ0v) is 11.2. The third kappa shape index (κ3) is 3.02. The minimum atomic E-state index is -0.289. The van der Waals surface area contributed by atoms with Crippen molar-refractivity contribution in [1.29, 1.82) is 0 Å². The van der Waals surface area contributed by atoms with E-state index in [1.807, 2.05) is 6.07 Å². The Bertz CT molecular complexity index is 566. The molecule has 0 aliphatic rings. The van der Waals surface area contributed by atoms with Crippen LogP contribution in [-0.2, 0) is 6.54 Å². The van der Waals surface area contributed by atoms with Crippen LogP contribution in [0.15, 0.2) is 36.4 Å². The van der Waals surface area contributed by atoms with Crippen molar-refractivity contribution in [2.45, 2.75) is 20.4 Å². The highest BCUT2D eigenvalue weighted by Gasteiger charge is 2.03. The monoisotopic (exact) mass is 263 g/mol. The minimum Gasteiger partial charge on any atom is -0.379 e. The summed E-state index contributed by atoms with van der Waals surface area (Å²) in [5.41, 5.74) is 4.05. The molecule has 0 saturated carbocycles. The predicted octanol–water partition coefficient (Wildman–Crippen LogP) is 4.71. The number of hydrogen-bond acceptors (Lipinski definition) is 1. The fourth-order valence-corrected chi connectivity index (χ4v) is 1.92. The lowest BCUT2D eigenvalue weighted by Crippen LogP contribution is -2.02. The molecule has 0 fully saturated rings. The van der Waals surface area contributed by atoms with Gasteiger partial charge in [0, 0.05) is 11.6 Å². The van der Waals surface area contributed by atoms with Crippen molar-refractivity contribution in [1.82, 2.24) is 0 Å². The molecule has 0 heterocycles. The molecule has 0 radical (unpaired) electrons. The Balaban J connectivity index is 2.11. The van der Waals surface area contributed by atoms with E-state index in [0.29, 0.717) is 17.3 Å². The summed E-state index contributed by atoms with van der Waals surface area (Å²) in [6, 6.07) is 10.7. The molecule has 0 aliphatic carbocycles. The molecule has 0 atom stereocenters. The van der Waals surface area contributed by atoms with E-state index in [9.17, 15) is 4.39 Å². The Kier molecular flexibility index (Phi) is 3.87. The second kappa shape index (κ2) is 5.40. The topological polar surface area (TPSA) is 12.0 Å². The average Bonchev–Trinajstić information content (AvgIpc) is 2.34. The van der Waals surface area contributed by atoms with Crippen LogP contribution in [0.25, 0.3) is 0 Å². The molecule has 0 aromatic heterocycles. The van der Waals surface area contributed by atoms with Gasteiger partial charge in [0.2, 0.25) is 0 Å². The number of benzene rings is 2. The first-order chi connectivity index (χ1) is 8.56. The summed E-state index contributed by atoms with van der Waals surface area (Å²) in [6.07, 6.45) is 0. The number of aryl methyl sites for hydroxylation is 2. The molecule has 94 valence electrons. The fraction of sp³-hybridized carbons (Fsp3) is 0.200. The maximum Gasteiger partial charge on any atom is 0.146 e. The maximum atomic E-state index is 13.5. The van der Waals surface area contributed by atoms with Crippen LogP contribution in [0.4, 0.5) is 10.1 Å². The van der Waals surface area contributed by atoms with Gasteiger partial charge in [-0.15, -0.1) is 0 Å². The van der Waals surface area contributed by atoms with E-state index in [0.717, 1.165) is 5.56 Å². The van der Waals surface area contributed by atoms with Crippen LogP contribution in [0.5, 0.6) is 0 Å². The molecule has 3 heteroatoms. The summed E-state index contributed by atoms with van der Waals surface area (Å²) in [7, 11) is 0. The number of hydrogen-bond donors (Lipinski definition) is 1. The summed E-state index contributed by atoms with van der Waals surface area (Å²) in [6.45, 7) is 4.72. The Morgan fingerprint density at radius 1 is 1.06 bits per heavy atom. The second-order valence-corrected chi connectivity index (χ2v) is 4.83. The van der Waals surface area contributed by atoms with E-state index in [4.69, 9.17) is 11.6 Å². The predicted molar refractivity (Wildman–Crippen MR) is 74.7 cm³/mol. The van der Waals surface area contributed by atoms with Crippen LogP contribution in [0, 0.1) is 19.7 Å². The van der Waals surface area contributed by atoms with E-state index >= 15 is 0 Å². The number of nitrogens with one attached hydrogen (secondary N) is 1. The van der Waals surface area contributed by atoms with Crippen molar-refractivity contribution in [2.75, 3.05) is 5.32 Å². The van der Waals surface area contributed by atoms with Crippen LogP contribution in [0.2, 0.25) is 5.02 Å². The van der Waals surface area contributed by atoms with Crippen LogP contribution in [0.3, 0.4) is 0 Å².